The van der Waals surface area contributed by atoms with Crippen molar-refractivity contribution in [2.45, 2.75) is 12.0 Å². The van der Waals surface area contributed by atoms with Crippen LogP contribution in [0.3, 0.4) is 0 Å². The number of benzene rings is 1. The van der Waals surface area contributed by atoms with E-state index in [9.17, 15) is 9.90 Å². The topological polar surface area (TPSA) is 47.0 Å². The van der Waals surface area contributed by atoms with Crippen molar-refractivity contribution in [3.05, 3.63) is 35.2 Å². The molecule has 2 fully saturated rings. The van der Waals surface area contributed by atoms with Crippen molar-refractivity contribution in [1.29, 1.82) is 0 Å². The van der Waals surface area contributed by atoms with Crippen molar-refractivity contribution >= 4 is 27.3 Å². The van der Waals surface area contributed by atoms with E-state index in [2.05, 4.69) is 16.8 Å². The molecule has 2 aliphatic heterocycles. The number of fused-ring (bicyclic) bond motifs is 1. The Labute approximate surface area is 152 Å². The molecule has 6 heteroatoms. The second kappa shape index (κ2) is 6.68. The summed E-state index contributed by atoms with van der Waals surface area (Å²) < 4.78 is 1.14. The van der Waals surface area contributed by atoms with E-state index >= 15 is 0 Å². The van der Waals surface area contributed by atoms with Crippen LogP contribution in [-0.2, 0) is 0 Å². The number of likely N-dealkylation sites (tertiary alicyclic amines) is 1. The number of likely N-dealkylation sites (N-methyl/N-ethyl adjacent to an activating group) is 1. The predicted octanol–water partition coefficient (Wildman–Crippen LogP) is 1.73. The first-order valence-corrected chi connectivity index (χ1v) is 9.75. The minimum absolute atomic E-state index is 0.0514. The zero-order valence-electron chi connectivity index (χ0n) is 14.6. The molecule has 0 bridgehead atoms. The van der Waals surface area contributed by atoms with Gasteiger partial charge in [0.05, 0.1) is 17.0 Å². The van der Waals surface area contributed by atoms with Gasteiger partial charge < -0.3 is 14.9 Å². The monoisotopic (exact) mass is 359 g/mol. The van der Waals surface area contributed by atoms with Crippen LogP contribution in [0.15, 0.2) is 30.3 Å². The number of carbonyl (C=O) groups excluding carboxylic acids is 1. The number of hydrogen-bond donors (Lipinski definition) is 1. The third kappa shape index (κ3) is 3.58. The average Bonchev–Trinajstić information content (AvgIpc) is 3.20. The fraction of sp³-hybridized carbons (Fsp3) is 0.526. The molecule has 0 aliphatic carbocycles. The lowest BCUT2D eigenvalue weighted by Gasteiger charge is -2.36. The van der Waals surface area contributed by atoms with Gasteiger partial charge in [0.15, 0.2) is 0 Å². The van der Waals surface area contributed by atoms with Gasteiger partial charge in [0, 0.05) is 44.0 Å². The fourth-order valence-electron chi connectivity index (χ4n) is 3.82. The van der Waals surface area contributed by atoms with Gasteiger partial charge in [-0.05, 0) is 31.0 Å². The van der Waals surface area contributed by atoms with Crippen LogP contribution in [0.25, 0.3) is 10.1 Å². The molecule has 2 aromatic rings. The highest BCUT2D eigenvalue weighted by atomic mass is 32.1. The minimum Gasteiger partial charge on any atom is -0.387 e. The van der Waals surface area contributed by atoms with E-state index in [0.29, 0.717) is 26.1 Å². The largest absolute Gasteiger partial charge is 0.387 e. The van der Waals surface area contributed by atoms with Crippen LogP contribution in [0.1, 0.15) is 16.1 Å². The highest BCUT2D eigenvalue weighted by Crippen LogP contribution is 2.29. The molecule has 0 spiro atoms. The number of aliphatic hydroxyl groups is 1. The van der Waals surface area contributed by atoms with Gasteiger partial charge in [-0.1, -0.05) is 18.2 Å². The number of carbonyl (C=O) groups is 1. The van der Waals surface area contributed by atoms with Crippen LogP contribution >= 0.6 is 11.3 Å². The molecule has 4 rings (SSSR count). The second-order valence-corrected chi connectivity index (χ2v) is 8.51. The number of rotatable bonds is 3. The molecular weight excluding hydrogens is 334 g/mol. The first kappa shape index (κ1) is 17.0. The van der Waals surface area contributed by atoms with E-state index in [-0.39, 0.29) is 5.91 Å². The Kier molecular flexibility index (Phi) is 4.54. The van der Waals surface area contributed by atoms with Gasteiger partial charge >= 0.3 is 0 Å². The summed E-state index contributed by atoms with van der Waals surface area (Å²) in [6.07, 6.45) is 0.663. The molecule has 25 heavy (non-hydrogen) atoms. The van der Waals surface area contributed by atoms with Crippen molar-refractivity contribution in [2.75, 3.05) is 52.9 Å². The summed E-state index contributed by atoms with van der Waals surface area (Å²) in [6, 6.07) is 10.0. The van der Waals surface area contributed by atoms with Crippen LogP contribution in [0.2, 0.25) is 0 Å². The molecule has 1 atom stereocenters. The first-order chi connectivity index (χ1) is 12.0. The Morgan fingerprint density at radius 2 is 1.96 bits per heavy atom. The number of amides is 1. The van der Waals surface area contributed by atoms with Crippen molar-refractivity contribution in [2.24, 2.45) is 0 Å². The van der Waals surface area contributed by atoms with Crippen LogP contribution in [0, 0.1) is 0 Å². The minimum atomic E-state index is -0.776. The quantitative estimate of drug-likeness (QED) is 0.907. The molecule has 1 aromatic carbocycles. The number of piperazine rings is 1. The number of thiophene rings is 1. The zero-order valence-corrected chi connectivity index (χ0v) is 15.5. The average molecular weight is 359 g/mol. The van der Waals surface area contributed by atoms with Gasteiger partial charge in [-0.25, -0.2) is 0 Å². The highest BCUT2D eigenvalue weighted by Gasteiger charge is 2.40. The van der Waals surface area contributed by atoms with E-state index < -0.39 is 5.60 Å². The molecular formula is C19H25N3O2S. The second-order valence-electron chi connectivity index (χ2n) is 7.43. The molecule has 1 aromatic heterocycles. The van der Waals surface area contributed by atoms with Crippen LogP contribution < -0.4 is 0 Å². The summed E-state index contributed by atoms with van der Waals surface area (Å²) in [4.78, 5) is 20.1. The van der Waals surface area contributed by atoms with Crippen LogP contribution in [0.5, 0.6) is 0 Å². The molecule has 134 valence electrons. The summed E-state index contributed by atoms with van der Waals surface area (Å²) in [7, 11) is 2.13. The Hall–Kier alpha value is -1.47. The maximum absolute atomic E-state index is 12.8. The summed E-state index contributed by atoms with van der Waals surface area (Å²) in [5.41, 5.74) is -0.776. The van der Waals surface area contributed by atoms with Crippen LogP contribution in [0.4, 0.5) is 0 Å². The molecule has 0 saturated carbocycles. The van der Waals surface area contributed by atoms with Gasteiger partial charge in [0.2, 0.25) is 0 Å². The van der Waals surface area contributed by atoms with Gasteiger partial charge in [0.1, 0.15) is 0 Å². The molecule has 2 saturated heterocycles. The van der Waals surface area contributed by atoms with E-state index in [4.69, 9.17) is 0 Å². The zero-order chi connectivity index (χ0) is 17.4. The summed E-state index contributed by atoms with van der Waals surface area (Å²) >= 11 is 1.54. The smallest absolute Gasteiger partial charge is 0.264 e. The van der Waals surface area contributed by atoms with Crippen molar-refractivity contribution in [3.63, 3.8) is 0 Å². The van der Waals surface area contributed by atoms with Gasteiger partial charge in [-0.2, -0.15) is 0 Å². The van der Waals surface area contributed by atoms with E-state index in [1.807, 2.05) is 35.2 Å². The maximum Gasteiger partial charge on any atom is 0.264 e. The molecule has 3 heterocycles. The van der Waals surface area contributed by atoms with Crippen LogP contribution in [-0.4, -0.2) is 84.2 Å². The standard InChI is InChI=1S/C19H25N3O2S/c1-20-8-10-21(11-9-20)13-19(24)6-7-22(14-19)18(23)17-12-15-4-2-3-5-16(15)25-17/h2-5,12,24H,6-11,13-14H2,1H3. The third-order valence-corrected chi connectivity index (χ3v) is 6.47. The highest BCUT2D eigenvalue weighted by molar-refractivity contribution is 7.20. The van der Waals surface area contributed by atoms with Crippen molar-refractivity contribution < 1.29 is 9.90 Å². The fourth-order valence-corrected chi connectivity index (χ4v) is 4.85. The molecule has 1 N–H and O–H groups in total. The predicted molar refractivity (Wildman–Crippen MR) is 101 cm³/mol. The van der Waals surface area contributed by atoms with Crippen molar-refractivity contribution in [1.82, 2.24) is 14.7 Å². The summed E-state index contributed by atoms with van der Waals surface area (Å²) in [5, 5.41) is 12.1. The number of β-amino-alcohol motifs (C(OH)–C–C–N with tert-alkyl or cyclic N) is 1. The molecule has 0 radical (unpaired) electrons. The summed E-state index contributed by atoms with van der Waals surface area (Å²) in [5.74, 6) is 0.0514. The van der Waals surface area contributed by atoms with Gasteiger partial charge in [0.25, 0.3) is 5.91 Å². The van der Waals surface area contributed by atoms with E-state index in [1.165, 1.54) is 11.3 Å². The molecule has 2 aliphatic rings. The van der Waals surface area contributed by atoms with E-state index in [1.54, 1.807) is 0 Å². The lowest BCUT2D eigenvalue weighted by atomic mass is 10.0. The Morgan fingerprint density at radius 1 is 1.20 bits per heavy atom. The normalized spacial score (nSPS) is 25.8. The first-order valence-electron chi connectivity index (χ1n) is 8.94. The Balaban J connectivity index is 1.41. The lowest BCUT2D eigenvalue weighted by Crippen LogP contribution is -2.52. The Morgan fingerprint density at radius 3 is 2.72 bits per heavy atom. The van der Waals surface area contributed by atoms with Gasteiger partial charge in [-0.15, -0.1) is 11.3 Å². The Bertz CT molecular complexity index is 736. The number of nitrogens with zero attached hydrogens (tertiary/aromatic N) is 3. The third-order valence-electron chi connectivity index (χ3n) is 5.37. The van der Waals surface area contributed by atoms with Crippen molar-refractivity contribution in [3.8, 4) is 0 Å². The van der Waals surface area contributed by atoms with Gasteiger partial charge in [-0.3, -0.25) is 9.69 Å². The SMILES string of the molecule is CN1CCN(CC2(O)CCN(C(=O)c3cc4ccccc4s3)C2)CC1. The molecule has 1 unspecified atom stereocenters. The summed E-state index contributed by atoms with van der Waals surface area (Å²) in [6.45, 7) is 5.80. The number of hydrogen-bond acceptors (Lipinski definition) is 5. The van der Waals surface area contributed by atoms with E-state index in [0.717, 1.165) is 41.1 Å². The maximum atomic E-state index is 12.8. The molecule has 1 amide bonds. The lowest BCUT2D eigenvalue weighted by molar-refractivity contribution is 0.000566. The molecule has 5 nitrogen and oxygen atoms in total.